The smallest absolute Gasteiger partial charge is 0.230 e. The van der Waals surface area contributed by atoms with Gasteiger partial charge in [0.2, 0.25) is 16.8 Å². The molecule has 1 heterocycles. The van der Waals surface area contributed by atoms with Crippen LogP contribution in [0.25, 0.3) is 0 Å². The van der Waals surface area contributed by atoms with Crippen molar-refractivity contribution in [3.8, 4) is 17.2 Å². The number of aromatic nitrogens is 2. The molecule has 2 rings (SSSR count). The second kappa shape index (κ2) is 9.96. The number of benzene rings is 1. The number of aryl methyl sites for hydroxylation is 1. The van der Waals surface area contributed by atoms with Crippen LogP contribution < -0.4 is 19.5 Å². The van der Waals surface area contributed by atoms with E-state index in [4.69, 9.17) is 14.2 Å². The molecule has 0 aliphatic rings. The van der Waals surface area contributed by atoms with E-state index in [0.717, 1.165) is 29.8 Å². The highest BCUT2D eigenvalue weighted by atomic mass is 32.1. The van der Waals surface area contributed by atoms with Gasteiger partial charge in [-0.2, -0.15) is 0 Å². The van der Waals surface area contributed by atoms with E-state index in [2.05, 4.69) is 22.4 Å². The molecule has 8 heteroatoms. The van der Waals surface area contributed by atoms with Crippen LogP contribution in [0.1, 0.15) is 36.8 Å². The van der Waals surface area contributed by atoms with Crippen molar-refractivity contribution in [1.82, 2.24) is 10.2 Å². The summed E-state index contributed by atoms with van der Waals surface area (Å²) in [6, 6.07) is 3.52. The van der Waals surface area contributed by atoms with Gasteiger partial charge in [-0.1, -0.05) is 31.1 Å². The minimum absolute atomic E-state index is 0.168. The minimum Gasteiger partial charge on any atom is -0.493 e. The molecular weight excluding hydrogens is 354 g/mol. The summed E-state index contributed by atoms with van der Waals surface area (Å²) in [6.07, 6.45) is 4.49. The molecule has 1 aromatic heterocycles. The van der Waals surface area contributed by atoms with E-state index in [1.807, 2.05) is 0 Å². The summed E-state index contributed by atoms with van der Waals surface area (Å²) in [7, 11) is 4.63. The highest BCUT2D eigenvalue weighted by Gasteiger charge is 2.15. The second-order valence-corrected chi connectivity index (χ2v) is 6.78. The topological polar surface area (TPSA) is 82.6 Å². The van der Waals surface area contributed by atoms with Crippen LogP contribution in [0.2, 0.25) is 0 Å². The number of carbonyl (C=O) groups excluding carboxylic acids is 1. The molecule has 1 N–H and O–H groups in total. The van der Waals surface area contributed by atoms with Crippen LogP contribution in [0.15, 0.2) is 12.1 Å². The summed E-state index contributed by atoms with van der Waals surface area (Å²) in [5.74, 6) is 1.36. The first-order valence-corrected chi connectivity index (χ1v) is 9.34. The Labute approximate surface area is 157 Å². The second-order valence-electron chi connectivity index (χ2n) is 5.72. The third-order valence-electron chi connectivity index (χ3n) is 3.80. The highest BCUT2D eigenvalue weighted by molar-refractivity contribution is 7.15. The van der Waals surface area contributed by atoms with Gasteiger partial charge in [0.15, 0.2) is 11.5 Å². The molecule has 142 valence electrons. The molecule has 26 heavy (non-hydrogen) atoms. The van der Waals surface area contributed by atoms with Crippen LogP contribution in [0, 0.1) is 0 Å². The average Bonchev–Trinajstić information content (AvgIpc) is 3.08. The lowest BCUT2D eigenvalue weighted by Gasteiger charge is -2.13. The van der Waals surface area contributed by atoms with Gasteiger partial charge in [-0.05, 0) is 24.1 Å². The summed E-state index contributed by atoms with van der Waals surface area (Å²) >= 11 is 1.42. The summed E-state index contributed by atoms with van der Waals surface area (Å²) in [6.45, 7) is 2.16. The summed E-state index contributed by atoms with van der Waals surface area (Å²) < 4.78 is 15.9. The van der Waals surface area contributed by atoms with Gasteiger partial charge in [0.25, 0.3) is 0 Å². The standard InChI is InChI=1S/C18H25N3O4S/c1-5-6-7-8-16-20-21-18(26-16)19-15(22)11-12-9-13(23-2)17(25-4)14(10-12)24-3/h9-10H,5-8,11H2,1-4H3,(H,19,21,22). The Morgan fingerprint density at radius 1 is 1.08 bits per heavy atom. The van der Waals surface area contributed by atoms with Crippen LogP contribution in [0.5, 0.6) is 17.2 Å². The lowest BCUT2D eigenvalue weighted by atomic mass is 10.1. The van der Waals surface area contributed by atoms with Crippen LogP contribution in [0.4, 0.5) is 5.13 Å². The molecule has 0 unspecified atom stereocenters. The average molecular weight is 379 g/mol. The first-order valence-electron chi connectivity index (χ1n) is 8.52. The van der Waals surface area contributed by atoms with Gasteiger partial charge < -0.3 is 19.5 Å². The Morgan fingerprint density at radius 3 is 2.35 bits per heavy atom. The number of rotatable bonds is 10. The Kier molecular flexibility index (Phi) is 7.65. The Hall–Kier alpha value is -2.35. The van der Waals surface area contributed by atoms with E-state index in [1.165, 1.54) is 17.8 Å². The van der Waals surface area contributed by atoms with E-state index in [0.29, 0.717) is 22.4 Å². The van der Waals surface area contributed by atoms with Crippen molar-refractivity contribution < 1.29 is 19.0 Å². The van der Waals surface area contributed by atoms with Crippen molar-refractivity contribution >= 4 is 22.4 Å². The number of ether oxygens (including phenoxy) is 3. The first-order chi connectivity index (χ1) is 12.6. The molecule has 0 aliphatic carbocycles. The molecule has 0 fully saturated rings. The number of carbonyl (C=O) groups is 1. The lowest BCUT2D eigenvalue weighted by Crippen LogP contribution is -2.14. The predicted octanol–water partition coefficient (Wildman–Crippen LogP) is 3.48. The molecule has 2 aromatic rings. The SMILES string of the molecule is CCCCCc1nnc(NC(=O)Cc2cc(OC)c(OC)c(OC)c2)s1. The maximum Gasteiger partial charge on any atom is 0.230 e. The molecule has 1 amide bonds. The van der Waals surface area contributed by atoms with Crippen molar-refractivity contribution in [2.75, 3.05) is 26.6 Å². The van der Waals surface area contributed by atoms with Gasteiger partial charge in [-0.3, -0.25) is 4.79 Å². The molecule has 7 nitrogen and oxygen atoms in total. The predicted molar refractivity (Wildman–Crippen MR) is 102 cm³/mol. The number of hydrogen-bond acceptors (Lipinski definition) is 7. The molecule has 0 atom stereocenters. The zero-order chi connectivity index (χ0) is 18.9. The molecule has 0 saturated carbocycles. The van der Waals surface area contributed by atoms with Crippen molar-refractivity contribution in [2.45, 2.75) is 39.0 Å². The Morgan fingerprint density at radius 2 is 1.77 bits per heavy atom. The molecular formula is C18H25N3O4S. The molecule has 0 saturated heterocycles. The third kappa shape index (κ3) is 5.32. The molecule has 1 aromatic carbocycles. The fourth-order valence-corrected chi connectivity index (χ4v) is 3.32. The van der Waals surface area contributed by atoms with Crippen molar-refractivity contribution in [1.29, 1.82) is 0 Å². The van der Waals surface area contributed by atoms with Gasteiger partial charge >= 0.3 is 0 Å². The third-order valence-corrected chi connectivity index (χ3v) is 4.70. The maximum absolute atomic E-state index is 12.3. The number of hydrogen-bond donors (Lipinski definition) is 1. The number of methoxy groups -OCH3 is 3. The van der Waals surface area contributed by atoms with Crippen LogP contribution in [-0.4, -0.2) is 37.4 Å². The fourth-order valence-electron chi connectivity index (χ4n) is 2.52. The van der Waals surface area contributed by atoms with Crippen LogP contribution >= 0.6 is 11.3 Å². The maximum atomic E-state index is 12.3. The molecule has 0 radical (unpaired) electrons. The van der Waals surface area contributed by atoms with Crippen molar-refractivity contribution in [3.63, 3.8) is 0 Å². The highest BCUT2D eigenvalue weighted by Crippen LogP contribution is 2.38. The van der Waals surface area contributed by atoms with Gasteiger partial charge in [0.05, 0.1) is 27.8 Å². The summed E-state index contributed by atoms with van der Waals surface area (Å²) in [4.78, 5) is 12.3. The minimum atomic E-state index is -0.171. The molecule has 0 spiro atoms. The number of unbranched alkanes of at least 4 members (excludes halogenated alkanes) is 2. The van der Waals surface area contributed by atoms with E-state index < -0.39 is 0 Å². The summed E-state index contributed by atoms with van der Waals surface area (Å²) in [5, 5.41) is 12.4. The molecule has 0 bridgehead atoms. The zero-order valence-corrected chi connectivity index (χ0v) is 16.4. The zero-order valence-electron chi connectivity index (χ0n) is 15.6. The first kappa shape index (κ1) is 20.0. The molecule has 0 aliphatic heterocycles. The van der Waals surface area contributed by atoms with E-state index >= 15 is 0 Å². The largest absolute Gasteiger partial charge is 0.493 e. The van der Waals surface area contributed by atoms with Gasteiger partial charge in [0, 0.05) is 6.42 Å². The normalized spacial score (nSPS) is 10.5. The fraction of sp³-hybridized carbons (Fsp3) is 0.500. The quantitative estimate of drug-likeness (QED) is 0.637. The lowest BCUT2D eigenvalue weighted by molar-refractivity contribution is -0.115. The number of nitrogens with one attached hydrogen (secondary N) is 1. The van der Waals surface area contributed by atoms with Gasteiger partial charge in [-0.25, -0.2) is 0 Å². The van der Waals surface area contributed by atoms with E-state index in [-0.39, 0.29) is 12.3 Å². The van der Waals surface area contributed by atoms with Crippen molar-refractivity contribution in [2.24, 2.45) is 0 Å². The summed E-state index contributed by atoms with van der Waals surface area (Å²) in [5.41, 5.74) is 0.754. The van der Waals surface area contributed by atoms with Crippen LogP contribution in [-0.2, 0) is 17.6 Å². The number of amides is 1. The van der Waals surface area contributed by atoms with E-state index in [9.17, 15) is 4.79 Å². The van der Waals surface area contributed by atoms with Crippen LogP contribution in [0.3, 0.4) is 0 Å². The Balaban J connectivity index is 2.01. The Bertz CT molecular complexity index is 708. The van der Waals surface area contributed by atoms with Gasteiger partial charge in [0.1, 0.15) is 5.01 Å². The van der Waals surface area contributed by atoms with E-state index in [1.54, 1.807) is 33.5 Å². The number of anilines is 1. The van der Waals surface area contributed by atoms with Crippen molar-refractivity contribution in [3.05, 3.63) is 22.7 Å². The van der Waals surface area contributed by atoms with Gasteiger partial charge in [-0.15, -0.1) is 10.2 Å². The number of nitrogens with zero attached hydrogens (tertiary/aromatic N) is 2. The monoisotopic (exact) mass is 379 g/mol.